The minimum atomic E-state index is -0.554. The van der Waals surface area contributed by atoms with Crippen molar-refractivity contribution in [2.24, 2.45) is 11.1 Å². The Labute approximate surface area is 142 Å². The van der Waals surface area contributed by atoms with Crippen LogP contribution in [0.15, 0.2) is 12.1 Å². The van der Waals surface area contributed by atoms with Gasteiger partial charge in [-0.2, -0.15) is 0 Å². The maximum atomic E-state index is 12.7. The van der Waals surface area contributed by atoms with Crippen LogP contribution in [0.2, 0.25) is 0 Å². The monoisotopic (exact) mass is 338 g/mol. The van der Waals surface area contributed by atoms with Gasteiger partial charge in [-0.15, -0.1) is 0 Å². The maximum absolute atomic E-state index is 12.7. The smallest absolute Gasteiger partial charge is 0.227 e. The summed E-state index contributed by atoms with van der Waals surface area (Å²) in [5.74, 6) is 1.58. The van der Waals surface area contributed by atoms with Crippen LogP contribution < -0.4 is 25.3 Å². The molecule has 2 rings (SSSR count). The third kappa shape index (κ3) is 3.57. The van der Waals surface area contributed by atoms with Crippen molar-refractivity contribution in [3.8, 4) is 17.2 Å². The molecule has 0 spiro atoms. The Hall–Kier alpha value is -1.99. The van der Waals surface area contributed by atoms with E-state index in [9.17, 15) is 4.79 Å². The van der Waals surface area contributed by atoms with Gasteiger partial charge in [0.25, 0.3) is 0 Å². The van der Waals surface area contributed by atoms with Crippen molar-refractivity contribution in [3.05, 3.63) is 17.7 Å². The Kier molecular flexibility index (Phi) is 6.28. The molecule has 1 aromatic rings. The zero-order valence-electron chi connectivity index (χ0n) is 14.5. The van der Waals surface area contributed by atoms with Crippen LogP contribution in [0.25, 0.3) is 0 Å². The van der Waals surface area contributed by atoms with Crippen molar-refractivity contribution < 1.29 is 23.7 Å². The highest BCUT2D eigenvalue weighted by Crippen LogP contribution is 2.39. The van der Waals surface area contributed by atoms with Gasteiger partial charge in [0.15, 0.2) is 11.5 Å². The first-order valence-corrected chi connectivity index (χ1v) is 7.96. The van der Waals surface area contributed by atoms with Gasteiger partial charge in [-0.1, -0.05) is 0 Å². The summed E-state index contributed by atoms with van der Waals surface area (Å²) in [5.41, 5.74) is 6.12. The lowest BCUT2D eigenvalue weighted by Gasteiger charge is -2.34. The van der Waals surface area contributed by atoms with Crippen molar-refractivity contribution in [1.29, 1.82) is 0 Å². The van der Waals surface area contributed by atoms with Crippen LogP contribution in [-0.2, 0) is 16.1 Å². The van der Waals surface area contributed by atoms with Crippen LogP contribution in [0.4, 0.5) is 0 Å². The second-order valence-electron chi connectivity index (χ2n) is 5.77. The van der Waals surface area contributed by atoms with E-state index in [0.717, 1.165) is 5.56 Å². The van der Waals surface area contributed by atoms with Crippen molar-refractivity contribution in [3.63, 3.8) is 0 Å². The Morgan fingerprint density at radius 1 is 1.17 bits per heavy atom. The van der Waals surface area contributed by atoms with Crippen molar-refractivity contribution in [2.45, 2.75) is 19.4 Å². The molecule has 0 bridgehead atoms. The van der Waals surface area contributed by atoms with Gasteiger partial charge in [-0.05, 0) is 25.0 Å². The normalized spacial score (nSPS) is 16.3. The standard InChI is InChI=1S/C17H26N2O5/c1-21-13-5-4-12(14(22-2)15(13)23-3)10-19-16(20)17(11-18)6-8-24-9-7-17/h4-5H,6-11,18H2,1-3H3,(H,19,20). The summed E-state index contributed by atoms with van der Waals surface area (Å²) in [5, 5.41) is 2.97. The molecule has 7 nitrogen and oxygen atoms in total. The molecule has 134 valence electrons. The van der Waals surface area contributed by atoms with Crippen LogP contribution in [0.5, 0.6) is 17.2 Å². The lowest BCUT2D eigenvalue weighted by Crippen LogP contribution is -2.49. The second-order valence-corrected chi connectivity index (χ2v) is 5.77. The van der Waals surface area contributed by atoms with E-state index in [0.29, 0.717) is 56.4 Å². The van der Waals surface area contributed by atoms with E-state index in [-0.39, 0.29) is 5.91 Å². The number of hydrogen-bond acceptors (Lipinski definition) is 6. The van der Waals surface area contributed by atoms with Crippen LogP contribution in [0.3, 0.4) is 0 Å². The van der Waals surface area contributed by atoms with Gasteiger partial charge >= 0.3 is 0 Å². The number of hydrogen-bond donors (Lipinski definition) is 2. The average molecular weight is 338 g/mol. The fourth-order valence-electron chi connectivity index (χ4n) is 2.95. The van der Waals surface area contributed by atoms with Gasteiger partial charge in [0.05, 0.1) is 26.7 Å². The molecule has 1 fully saturated rings. The molecular weight excluding hydrogens is 312 g/mol. The molecule has 1 heterocycles. The summed E-state index contributed by atoms with van der Waals surface area (Å²) >= 11 is 0. The molecule has 0 saturated carbocycles. The second kappa shape index (κ2) is 8.21. The quantitative estimate of drug-likeness (QED) is 0.773. The Morgan fingerprint density at radius 3 is 2.38 bits per heavy atom. The zero-order valence-corrected chi connectivity index (χ0v) is 14.5. The minimum absolute atomic E-state index is 0.0508. The minimum Gasteiger partial charge on any atom is -0.493 e. The van der Waals surface area contributed by atoms with Gasteiger partial charge in [-0.3, -0.25) is 4.79 Å². The number of carbonyl (C=O) groups excluding carboxylic acids is 1. The summed E-state index contributed by atoms with van der Waals surface area (Å²) < 4.78 is 21.4. The predicted molar refractivity (Wildman–Crippen MR) is 89.5 cm³/mol. The fraction of sp³-hybridized carbons (Fsp3) is 0.588. The first-order valence-electron chi connectivity index (χ1n) is 7.96. The number of nitrogens with one attached hydrogen (secondary N) is 1. The summed E-state index contributed by atoms with van der Waals surface area (Å²) in [6.07, 6.45) is 1.27. The molecule has 0 aliphatic carbocycles. The van der Waals surface area contributed by atoms with E-state index >= 15 is 0 Å². The van der Waals surface area contributed by atoms with Crippen molar-refractivity contribution in [1.82, 2.24) is 5.32 Å². The molecule has 1 saturated heterocycles. The third-order valence-electron chi connectivity index (χ3n) is 4.55. The lowest BCUT2D eigenvalue weighted by atomic mass is 9.79. The largest absolute Gasteiger partial charge is 0.493 e. The van der Waals surface area contributed by atoms with E-state index in [2.05, 4.69) is 5.32 Å². The highest BCUT2D eigenvalue weighted by molar-refractivity contribution is 5.83. The third-order valence-corrected chi connectivity index (χ3v) is 4.55. The summed E-state index contributed by atoms with van der Waals surface area (Å²) in [7, 11) is 4.67. The summed E-state index contributed by atoms with van der Waals surface area (Å²) in [6.45, 7) is 1.75. The van der Waals surface area contributed by atoms with Gasteiger partial charge in [-0.25, -0.2) is 0 Å². The van der Waals surface area contributed by atoms with E-state index in [1.165, 1.54) is 0 Å². The van der Waals surface area contributed by atoms with Gasteiger partial charge in [0, 0.05) is 31.9 Å². The van der Waals surface area contributed by atoms with Crippen molar-refractivity contribution in [2.75, 3.05) is 41.1 Å². The van der Waals surface area contributed by atoms with E-state index in [1.807, 2.05) is 6.07 Å². The van der Waals surface area contributed by atoms with Gasteiger partial charge < -0.3 is 30.0 Å². The molecule has 0 radical (unpaired) electrons. The molecule has 0 aromatic heterocycles. The first kappa shape index (κ1) is 18.4. The molecule has 1 aliphatic heterocycles. The van der Waals surface area contributed by atoms with E-state index < -0.39 is 5.41 Å². The first-order chi connectivity index (χ1) is 11.6. The SMILES string of the molecule is COc1ccc(CNC(=O)C2(CN)CCOCC2)c(OC)c1OC. The van der Waals surface area contributed by atoms with E-state index in [4.69, 9.17) is 24.7 Å². The van der Waals surface area contributed by atoms with Gasteiger partial charge in [0.1, 0.15) is 0 Å². The Bertz CT molecular complexity index is 570. The van der Waals surface area contributed by atoms with Crippen LogP contribution >= 0.6 is 0 Å². The molecule has 1 aromatic carbocycles. The number of benzene rings is 1. The molecule has 3 N–H and O–H groups in total. The average Bonchev–Trinajstić information content (AvgIpc) is 2.65. The van der Waals surface area contributed by atoms with E-state index in [1.54, 1.807) is 27.4 Å². The number of ether oxygens (including phenoxy) is 4. The number of rotatable bonds is 7. The predicted octanol–water partition coefficient (Wildman–Crippen LogP) is 1.08. The molecule has 24 heavy (non-hydrogen) atoms. The topological polar surface area (TPSA) is 92.0 Å². The maximum Gasteiger partial charge on any atom is 0.227 e. The highest BCUT2D eigenvalue weighted by Gasteiger charge is 2.38. The number of methoxy groups -OCH3 is 3. The number of nitrogens with two attached hydrogens (primary N) is 1. The molecule has 0 unspecified atom stereocenters. The summed E-state index contributed by atoms with van der Waals surface area (Å²) in [4.78, 5) is 12.7. The molecule has 1 aliphatic rings. The fourth-order valence-corrected chi connectivity index (χ4v) is 2.95. The highest BCUT2D eigenvalue weighted by atomic mass is 16.5. The van der Waals surface area contributed by atoms with Crippen molar-refractivity contribution >= 4 is 5.91 Å². The Morgan fingerprint density at radius 2 is 1.83 bits per heavy atom. The van der Waals surface area contributed by atoms with Crippen LogP contribution in [0.1, 0.15) is 18.4 Å². The zero-order chi connectivity index (χ0) is 17.6. The van der Waals surface area contributed by atoms with Crippen LogP contribution in [-0.4, -0.2) is 47.0 Å². The molecular formula is C17H26N2O5. The molecule has 7 heteroatoms. The molecule has 1 amide bonds. The lowest BCUT2D eigenvalue weighted by molar-refractivity contribution is -0.136. The Balaban J connectivity index is 2.15. The molecule has 0 atom stereocenters. The van der Waals surface area contributed by atoms with Gasteiger partial charge in [0.2, 0.25) is 11.7 Å². The number of amides is 1. The number of carbonyl (C=O) groups is 1. The van der Waals surface area contributed by atoms with Crippen LogP contribution in [0, 0.1) is 5.41 Å². The summed E-state index contributed by atoms with van der Waals surface area (Å²) in [6, 6.07) is 3.63.